The molecule has 1 saturated heterocycles. The number of aliphatic hydroxyl groups is 1. The lowest BCUT2D eigenvalue weighted by atomic mass is 10.1. The summed E-state index contributed by atoms with van der Waals surface area (Å²) in [5.41, 5.74) is 2.23. The molecule has 0 aromatic heterocycles. The Kier molecular flexibility index (Phi) is 6.74. The number of ether oxygens (including phenoxy) is 1. The molecule has 1 atom stereocenters. The van der Waals surface area contributed by atoms with E-state index in [1.54, 1.807) is 4.90 Å². The predicted molar refractivity (Wildman–Crippen MR) is 86.3 cm³/mol. The molecule has 6 heteroatoms. The fraction of sp³-hybridized carbons (Fsp3) is 0.647. The Labute approximate surface area is 136 Å². The molecule has 0 saturated carbocycles. The van der Waals surface area contributed by atoms with Crippen LogP contribution in [-0.2, 0) is 0 Å². The van der Waals surface area contributed by atoms with Crippen molar-refractivity contribution in [3.63, 3.8) is 0 Å². The molecule has 1 aliphatic rings. The summed E-state index contributed by atoms with van der Waals surface area (Å²) in [7, 11) is 0. The summed E-state index contributed by atoms with van der Waals surface area (Å²) in [5, 5.41) is 10.1. The molecule has 1 unspecified atom stereocenters. The summed E-state index contributed by atoms with van der Waals surface area (Å²) in [6, 6.07) is 5.95. The molecule has 0 aliphatic carbocycles. The summed E-state index contributed by atoms with van der Waals surface area (Å²) in [6.45, 7) is 7.24. The van der Waals surface area contributed by atoms with Gasteiger partial charge in [0.1, 0.15) is 18.5 Å². The van der Waals surface area contributed by atoms with Gasteiger partial charge < -0.3 is 9.84 Å². The van der Waals surface area contributed by atoms with Gasteiger partial charge in [-0.2, -0.15) is 0 Å². The smallest absolute Gasteiger partial charge is 0.251 e. The molecular formula is C17H26F2N2O2. The van der Waals surface area contributed by atoms with Gasteiger partial charge in [0, 0.05) is 32.7 Å². The van der Waals surface area contributed by atoms with Gasteiger partial charge in [-0.25, -0.2) is 8.78 Å². The first-order valence-electron chi connectivity index (χ1n) is 8.05. The third-order valence-corrected chi connectivity index (χ3v) is 4.09. The number of benzene rings is 1. The van der Waals surface area contributed by atoms with Crippen LogP contribution in [0.2, 0.25) is 0 Å². The Balaban J connectivity index is 1.70. The van der Waals surface area contributed by atoms with Gasteiger partial charge in [0.05, 0.1) is 6.54 Å². The van der Waals surface area contributed by atoms with Gasteiger partial charge in [-0.3, -0.25) is 9.80 Å². The lowest BCUT2D eigenvalue weighted by Crippen LogP contribution is -2.50. The third-order valence-electron chi connectivity index (χ3n) is 4.09. The van der Waals surface area contributed by atoms with Crippen LogP contribution in [0.15, 0.2) is 18.2 Å². The van der Waals surface area contributed by atoms with Gasteiger partial charge in [0.25, 0.3) is 6.43 Å². The molecule has 0 amide bonds. The minimum absolute atomic E-state index is 0.161. The van der Waals surface area contributed by atoms with Crippen LogP contribution >= 0.6 is 0 Å². The second-order valence-electron chi connectivity index (χ2n) is 6.23. The van der Waals surface area contributed by atoms with Crippen molar-refractivity contribution in [1.29, 1.82) is 0 Å². The number of aliphatic hydroxyl groups excluding tert-OH is 1. The highest BCUT2D eigenvalue weighted by Crippen LogP contribution is 2.19. The first-order chi connectivity index (χ1) is 10.9. The van der Waals surface area contributed by atoms with Crippen molar-refractivity contribution in [1.82, 2.24) is 9.80 Å². The topological polar surface area (TPSA) is 35.9 Å². The summed E-state index contributed by atoms with van der Waals surface area (Å²) in [6.07, 6.45) is -2.87. The average Bonchev–Trinajstić information content (AvgIpc) is 2.48. The van der Waals surface area contributed by atoms with E-state index in [9.17, 15) is 13.9 Å². The Morgan fingerprint density at radius 1 is 1.09 bits per heavy atom. The van der Waals surface area contributed by atoms with Crippen LogP contribution in [0.5, 0.6) is 5.75 Å². The average molecular weight is 328 g/mol. The summed E-state index contributed by atoms with van der Waals surface area (Å²) >= 11 is 0. The normalized spacial score (nSPS) is 18.3. The third kappa shape index (κ3) is 6.05. The molecule has 1 aromatic rings. The minimum Gasteiger partial charge on any atom is -0.491 e. The van der Waals surface area contributed by atoms with E-state index in [-0.39, 0.29) is 13.2 Å². The van der Waals surface area contributed by atoms with E-state index in [4.69, 9.17) is 4.74 Å². The number of halogens is 2. The lowest BCUT2D eigenvalue weighted by Gasteiger charge is -2.35. The van der Waals surface area contributed by atoms with Gasteiger partial charge >= 0.3 is 0 Å². The van der Waals surface area contributed by atoms with Crippen molar-refractivity contribution >= 4 is 0 Å². The second kappa shape index (κ2) is 8.57. The van der Waals surface area contributed by atoms with Crippen molar-refractivity contribution in [2.24, 2.45) is 0 Å². The largest absolute Gasteiger partial charge is 0.491 e. The summed E-state index contributed by atoms with van der Waals surface area (Å²) in [5.74, 6) is 0.788. The van der Waals surface area contributed by atoms with Crippen LogP contribution in [0.25, 0.3) is 0 Å². The van der Waals surface area contributed by atoms with Crippen LogP contribution in [0, 0.1) is 13.8 Å². The number of β-amino-alcohol motifs (C(OH)–C–C–N with tert-alkyl or cyclic N) is 1. The Morgan fingerprint density at radius 3 is 2.26 bits per heavy atom. The van der Waals surface area contributed by atoms with Gasteiger partial charge in [-0.1, -0.05) is 17.7 Å². The minimum atomic E-state index is -2.28. The van der Waals surface area contributed by atoms with E-state index >= 15 is 0 Å². The maximum absolute atomic E-state index is 12.3. The second-order valence-corrected chi connectivity index (χ2v) is 6.23. The molecule has 1 N–H and O–H groups in total. The molecule has 1 heterocycles. The van der Waals surface area contributed by atoms with Gasteiger partial charge in [-0.15, -0.1) is 0 Å². The quantitative estimate of drug-likeness (QED) is 0.830. The number of hydrogen-bond acceptors (Lipinski definition) is 4. The first kappa shape index (κ1) is 18.1. The van der Waals surface area contributed by atoms with Crippen molar-refractivity contribution in [2.45, 2.75) is 26.4 Å². The molecule has 1 aromatic carbocycles. The van der Waals surface area contributed by atoms with Crippen LogP contribution < -0.4 is 4.74 Å². The number of aryl methyl sites for hydroxylation is 2. The van der Waals surface area contributed by atoms with Gasteiger partial charge in [-0.05, 0) is 25.5 Å². The highest BCUT2D eigenvalue weighted by atomic mass is 19.3. The predicted octanol–water partition coefficient (Wildman–Crippen LogP) is 1.93. The number of rotatable bonds is 7. The Hall–Kier alpha value is -1.24. The number of nitrogens with zero attached hydrogens (tertiary/aromatic N) is 2. The molecule has 130 valence electrons. The van der Waals surface area contributed by atoms with Crippen molar-refractivity contribution in [3.8, 4) is 5.75 Å². The molecule has 1 fully saturated rings. The van der Waals surface area contributed by atoms with Crippen molar-refractivity contribution < 1.29 is 18.6 Å². The van der Waals surface area contributed by atoms with E-state index in [2.05, 4.69) is 4.90 Å². The maximum Gasteiger partial charge on any atom is 0.251 e. The van der Waals surface area contributed by atoms with Crippen LogP contribution in [0.4, 0.5) is 8.78 Å². The molecule has 0 bridgehead atoms. The molecule has 0 spiro atoms. The molecule has 2 rings (SSSR count). The van der Waals surface area contributed by atoms with Gasteiger partial charge in [0.15, 0.2) is 0 Å². The van der Waals surface area contributed by atoms with Gasteiger partial charge in [0.2, 0.25) is 0 Å². The van der Waals surface area contributed by atoms with Crippen molar-refractivity contribution in [2.75, 3.05) is 45.9 Å². The van der Waals surface area contributed by atoms with Crippen molar-refractivity contribution in [3.05, 3.63) is 29.3 Å². The highest BCUT2D eigenvalue weighted by molar-refractivity contribution is 5.35. The Morgan fingerprint density at radius 2 is 1.70 bits per heavy atom. The molecular weight excluding hydrogens is 302 g/mol. The van der Waals surface area contributed by atoms with E-state index in [0.29, 0.717) is 32.7 Å². The fourth-order valence-corrected chi connectivity index (χ4v) is 2.85. The zero-order chi connectivity index (χ0) is 16.8. The number of alkyl halides is 2. The van der Waals surface area contributed by atoms with Crippen LogP contribution in [0.1, 0.15) is 11.1 Å². The van der Waals surface area contributed by atoms with Crippen LogP contribution in [-0.4, -0.2) is 73.3 Å². The monoisotopic (exact) mass is 328 g/mol. The van der Waals surface area contributed by atoms with Crippen LogP contribution in [0.3, 0.4) is 0 Å². The zero-order valence-corrected chi connectivity index (χ0v) is 13.8. The van der Waals surface area contributed by atoms with E-state index in [1.165, 1.54) is 5.56 Å². The van der Waals surface area contributed by atoms with E-state index in [0.717, 1.165) is 11.3 Å². The zero-order valence-electron chi connectivity index (χ0n) is 13.8. The summed E-state index contributed by atoms with van der Waals surface area (Å²) in [4.78, 5) is 3.86. The fourth-order valence-electron chi connectivity index (χ4n) is 2.85. The highest BCUT2D eigenvalue weighted by Gasteiger charge is 2.21. The first-order valence-corrected chi connectivity index (χ1v) is 8.05. The summed E-state index contributed by atoms with van der Waals surface area (Å²) < 4.78 is 30.4. The number of hydrogen-bond donors (Lipinski definition) is 1. The van der Waals surface area contributed by atoms with E-state index < -0.39 is 12.5 Å². The molecule has 1 aliphatic heterocycles. The molecule has 4 nitrogen and oxygen atoms in total. The Bertz CT molecular complexity index is 491. The lowest BCUT2D eigenvalue weighted by molar-refractivity contribution is 0.0269. The molecule has 23 heavy (non-hydrogen) atoms. The van der Waals surface area contributed by atoms with E-state index in [1.807, 2.05) is 32.0 Å². The maximum atomic E-state index is 12.3. The number of piperazine rings is 1. The SMILES string of the molecule is Cc1ccc(OCC(O)CN2CCN(CC(F)F)CC2)c(C)c1. The molecule has 0 radical (unpaired) electrons. The standard InChI is InChI=1S/C17H26F2N2O2/c1-13-3-4-16(14(2)9-13)23-12-15(22)10-20-5-7-21(8-6-20)11-17(18)19/h3-4,9,15,17,22H,5-8,10-12H2,1-2H3.